The lowest BCUT2D eigenvalue weighted by atomic mass is 9.90. The number of carbonyl (C=O) groups excluding carboxylic acids is 2. The van der Waals surface area contributed by atoms with Crippen LogP contribution in [0.2, 0.25) is 0 Å². The maximum absolute atomic E-state index is 13.6. The summed E-state index contributed by atoms with van der Waals surface area (Å²) in [5, 5.41) is 0. The minimum absolute atomic E-state index is 0.606. The number of Topliss-reactive ketones (excluding diaryl/α,β-unsaturated/α-hetero) is 2. The van der Waals surface area contributed by atoms with Gasteiger partial charge in [-0.2, -0.15) is 0 Å². The van der Waals surface area contributed by atoms with Crippen LogP contribution in [0.15, 0.2) is 60.4 Å². The van der Waals surface area contributed by atoms with Gasteiger partial charge in [-0.05, 0) is 28.2 Å². The van der Waals surface area contributed by atoms with Crippen molar-refractivity contribution in [2.24, 2.45) is 0 Å². The van der Waals surface area contributed by atoms with Crippen LogP contribution in [0.4, 0.5) is 0 Å². The minimum atomic E-state index is -1.41. The van der Waals surface area contributed by atoms with Crippen LogP contribution in [-0.4, -0.2) is 61.6 Å². The van der Waals surface area contributed by atoms with Crippen molar-refractivity contribution in [2.75, 3.05) is 28.2 Å². The molecule has 0 aliphatic heterocycles. The first kappa shape index (κ1) is 8.70. The highest BCUT2D eigenvalue weighted by Gasteiger charge is 2.37. The van der Waals surface area contributed by atoms with Crippen molar-refractivity contribution in [3.05, 3.63) is 71.6 Å². The fourth-order valence-electron chi connectivity index (χ4n) is 2.36. The quantitative estimate of drug-likeness (QED) is 0.730. The first-order chi connectivity index (χ1) is 15.6. The van der Waals surface area contributed by atoms with Gasteiger partial charge in [0.25, 0.3) is 0 Å². The van der Waals surface area contributed by atoms with E-state index in [1.54, 1.807) is 0 Å². The van der Waals surface area contributed by atoms with E-state index in [9.17, 15) is 9.59 Å². The molecule has 2 aromatic carbocycles. The van der Waals surface area contributed by atoms with E-state index in [-0.39, 0.29) is 0 Å². The summed E-state index contributed by atoms with van der Waals surface area (Å²) in [6.45, 7) is 0. The standard InChI is InChI=1S/C20H24N2O2/c1-21(2)17(19(23)15-11-7-5-8-12-15)18(22(3)4)20(24)16-13-9-6-10-14-16/h5-14,17-18H,1-4H3/i5D,6D,7D,8D,9D,10D,11D,12D,13D,14D. The Kier molecular flexibility index (Phi) is 2.90. The maximum atomic E-state index is 13.6. The first-order valence-electron chi connectivity index (χ1n) is 12.1. The first-order valence-corrected chi connectivity index (χ1v) is 7.12. The molecular formula is C20H24N2O2. The highest BCUT2D eigenvalue weighted by Crippen LogP contribution is 2.18. The Labute approximate surface area is 157 Å². The van der Waals surface area contributed by atoms with Crippen LogP contribution in [0.5, 0.6) is 0 Å². The van der Waals surface area contributed by atoms with Crippen LogP contribution in [0.3, 0.4) is 0 Å². The maximum Gasteiger partial charge on any atom is 0.182 e. The molecule has 0 aliphatic carbocycles. The van der Waals surface area contributed by atoms with E-state index in [1.807, 2.05) is 0 Å². The van der Waals surface area contributed by atoms with E-state index >= 15 is 0 Å². The van der Waals surface area contributed by atoms with E-state index in [2.05, 4.69) is 0 Å². The second-order valence-electron chi connectivity index (χ2n) is 5.55. The second-order valence-corrected chi connectivity index (χ2v) is 5.55. The third-order valence-corrected chi connectivity index (χ3v) is 3.44. The highest BCUT2D eigenvalue weighted by molar-refractivity contribution is 6.08. The normalized spacial score (nSPS) is 19.6. The number of ketones is 2. The van der Waals surface area contributed by atoms with Crippen molar-refractivity contribution in [2.45, 2.75) is 12.1 Å². The molecule has 2 unspecified atom stereocenters. The van der Waals surface area contributed by atoms with Crippen LogP contribution in [0, 0.1) is 0 Å². The molecule has 2 aromatic rings. The number of likely N-dealkylation sites (N-methyl/N-ethyl adjacent to an activating group) is 2. The van der Waals surface area contributed by atoms with Crippen LogP contribution in [0.1, 0.15) is 34.4 Å². The molecule has 0 radical (unpaired) electrons. The van der Waals surface area contributed by atoms with Crippen LogP contribution < -0.4 is 0 Å². The van der Waals surface area contributed by atoms with E-state index in [0.717, 1.165) is 0 Å². The summed E-state index contributed by atoms with van der Waals surface area (Å²) in [6, 6.07) is -9.91. The van der Waals surface area contributed by atoms with Crippen molar-refractivity contribution in [1.29, 1.82) is 0 Å². The van der Waals surface area contributed by atoms with Crippen molar-refractivity contribution in [3.8, 4) is 0 Å². The topological polar surface area (TPSA) is 40.6 Å². The van der Waals surface area contributed by atoms with Gasteiger partial charge in [-0.3, -0.25) is 19.4 Å². The highest BCUT2D eigenvalue weighted by atomic mass is 16.1. The summed E-state index contributed by atoms with van der Waals surface area (Å²) in [4.78, 5) is 29.8. The Morgan fingerprint density at radius 2 is 1.00 bits per heavy atom. The third kappa shape index (κ3) is 3.96. The molecule has 24 heavy (non-hydrogen) atoms. The molecule has 0 aliphatic rings. The van der Waals surface area contributed by atoms with Crippen LogP contribution >= 0.6 is 0 Å². The summed E-state index contributed by atoms with van der Waals surface area (Å²) < 4.78 is 79.4. The number of nitrogens with zero attached hydrogens (tertiary/aromatic N) is 2. The Hall–Kier alpha value is -2.30. The molecule has 4 heteroatoms. The molecule has 2 atom stereocenters. The van der Waals surface area contributed by atoms with Crippen molar-refractivity contribution in [3.63, 3.8) is 0 Å². The summed E-state index contributed by atoms with van der Waals surface area (Å²) in [7, 11) is 5.79. The molecule has 0 spiro atoms. The van der Waals surface area contributed by atoms with Gasteiger partial charge in [-0.15, -0.1) is 0 Å². The van der Waals surface area contributed by atoms with Gasteiger partial charge in [0.15, 0.2) is 11.6 Å². The fourth-order valence-corrected chi connectivity index (χ4v) is 2.36. The summed E-state index contributed by atoms with van der Waals surface area (Å²) in [6.07, 6.45) is 0. The zero-order valence-electron chi connectivity index (χ0n) is 23.9. The van der Waals surface area contributed by atoms with E-state index in [0.29, 0.717) is 0 Å². The molecule has 0 aromatic heterocycles. The summed E-state index contributed by atoms with van der Waals surface area (Å²) in [5.74, 6) is -1.89. The van der Waals surface area contributed by atoms with Gasteiger partial charge in [0.2, 0.25) is 0 Å². The molecule has 126 valence electrons. The van der Waals surface area contributed by atoms with Gasteiger partial charge in [-0.25, -0.2) is 0 Å². The molecule has 4 nitrogen and oxygen atoms in total. The molecule has 0 heterocycles. The molecule has 0 amide bonds. The van der Waals surface area contributed by atoms with Gasteiger partial charge < -0.3 is 0 Å². The number of hydrogen-bond acceptors (Lipinski definition) is 4. The third-order valence-electron chi connectivity index (χ3n) is 3.44. The summed E-state index contributed by atoms with van der Waals surface area (Å²) >= 11 is 0. The Balaban J connectivity index is 2.79. The monoisotopic (exact) mass is 334 g/mol. The number of carbonyl (C=O) groups is 2. The average molecular weight is 334 g/mol. The molecule has 0 saturated carbocycles. The van der Waals surface area contributed by atoms with Crippen LogP contribution in [0.25, 0.3) is 0 Å². The second kappa shape index (κ2) is 7.99. The molecule has 0 N–H and O–H groups in total. The zero-order chi connectivity index (χ0) is 26.4. The Bertz CT molecular complexity index is 1030. The van der Waals surface area contributed by atoms with Gasteiger partial charge in [0.05, 0.1) is 25.8 Å². The molecular weight excluding hydrogens is 300 g/mol. The van der Waals surface area contributed by atoms with E-state index in [1.165, 1.54) is 38.0 Å². The van der Waals surface area contributed by atoms with Gasteiger partial charge in [0, 0.05) is 11.1 Å². The number of benzene rings is 2. The minimum Gasteiger partial charge on any atom is -0.298 e. The van der Waals surface area contributed by atoms with E-state index in [4.69, 9.17) is 13.7 Å². The van der Waals surface area contributed by atoms with Gasteiger partial charge >= 0.3 is 0 Å². The number of hydrogen-bond donors (Lipinski definition) is 0. The molecule has 0 fully saturated rings. The van der Waals surface area contributed by atoms with Crippen molar-refractivity contribution in [1.82, 2.24) is 9.80 Å². The smallest absolute Gasteiger partial charge is 0.182 e. The lowest BCUT2D eigenvalue weighted by Crippen LogP contribution is -2.55. The Morgan fingerprint density at radius 3 is 1.25 bits per heavy atom. The predicted octanol–water partition coefficient (Wildman–Crippen LogP) is 2.61. The molecule has 0 saturated heterocycles. The zero-order valence-corrected chi connectivity index (χ0v) is 13.9. The largest absolute Gasteiger partial charge is 0.298 e. The fraction of sp³-hybridized carbons (Fsp3) is 0.300. The molecule has 2 rings (SSSR count). The van der Waals surface area contributed by atoms with Crippen molar-refractivity contribution < 1.29 is 23.3 Å². The van der Waals surface area contributed by atoms with Gasteiger partial charge in [-0.1, -0.05) is 60.4 Å². The van der Waals surface area contributed by atoms with E-state index < -0.39 is 95.2 Å². The predicted molar refractivity (Wildman–Crippen MR) is 96.5 cm³/mol. The lowest BCUT2D eigenvalue weighted by molar-refractivity contribution is 0.0639. The summed E-state index contributed by atoms with van der Waals surface area (Å²) in [5.41, 5.74) is -1.21. The SMILES string of the molecule is [2H]c1c([2H])c([2H])c(C(=O)C(C(C(=O)c2c([2H])c([2H])c([2H])c([2H])c2[2H])N(C)C)N(C)C)c([2H])c1[2H]. The molecule has 0 bridgehead atoms. The van der Waals surface area contributed by atoms with Crippen molar-refractivity contribution >= 4 is 11.6 Å². The average Bonchev–Trinajstić information content (AvgIpc) is 2.76. The number of rotatable bonds is 7. The van der Waals surface area contributed by atoms with Crippen LogP contribution in [-0.2, 0) is 0 Å². The van der Waals surface area contributed by atoms with Gasteiger partial charge in [0.1, 0.15) is 0 Å². The Morgan fingerprint density at radius 1 is 0.708 bits per heavy atom. The lowest BCUT2D eigenvalue weighted by Gasteiger charge is -2.34.